The molecule has 1 fully saturated rings. The molecule has 1 N–H and O–H groups in total. The van der Waals surface area contributed by atoms with Gasteiger partial charge in [0.1, 0.15) is 18.4 Å². The molecule has 0 radical (unpaired) electrons. The summed E-state index contributed by atoms with van der Waals surface area (Å²) >= 11 is 0. The zero-order valence-corrected chi connectivity index (χ0v) is 18.1. The molecule has 0 aromatic heterocycles. The van der Waals surface area contributed by atoms with Crippen molar-refractivity contribution in [3.05, 3.63) is 35.9 Å². The van der Waals surface area contributed by atoms with Gasteiger partial charge in [-0.3, -0.25) is 4.79 Å². The van der Waals surface area contributed by atoms with Crippen LogP contribution in [0.3, 0.4) is 0 Å². The lowest BCUT2D eigenvalue weighted by Gasteiger charge is -2.26. The zero-order valence-electron chi connectivity index (χ0n) is 18.1. The number of alkyl carbamates (subject to hydrolysis) is 1. The minimum atomic E-state index is -2.93. The average molecular weight is 460 g/mol. The van der Waals surface area contributed by atoms with E-state index >= 15 is 0 Å². The fourth-order valence-electron chi connectivity index (χ4n) is 3.23. The Morgan fingerprint density at radius 2 is 1.91 bits per heavy atom. The van der Waals surface area contributed by atoms with Crippen molar-refractivity contribution in [2.45, 2.75) is 57.8 Å². The van der Waals surface area contributed by atoms with Crippen LogP contribution in [0.5, 0.6) is 0 Å². The van der Waals surface area contributed by atoms with E-state index < -0.39 is 54.7 Å². The van der Waals surface area contributed by atoms with Crippen molar-refractivity contribution in [2.24, 2.45) is 5.92 Å². The number of hydrogen-bond donors (Lipinski definition) is 1. The standard InChI is InChI=1S/C21H27F3N2O6/c1-21(2,3)31-20(29)25-16(17(23)32-24)19(28)30-15(11-22)14-9-10-26(18(14)27)12-13-7-5-4-6-8-13/h4-8,14-17H,9-12H2,1-3H3,(H,25,29). The maximum absolute atomic E-state index is 13.8. The normalized spacial score (nSPS) is 19.2. The first-order chi connectivity index (χ1) is 15.1. The summed E-state index contributed by atoms with van der Waals surface area (Å²) in [5.74, 6) is -2.93. The van der Waals surface area contributed by atoms with Gasteiger partial charge in [-0.25, -0.2) is 18.4 Å². The number of amides is 2. The van der Waals surface area contributed by atoms with Gasteiger partial charge in [-0.15, -0.1) is 0 Å². The predicted octanol–water partition coefficient (Wildman–Crippen LogP) is 3.01. The van der Waals surface area contributed by atoms with E-state index in [1.165, 1.54) is 25.7 Å². The highest BCUT2D eigenvalue weighted by molar-refractivity contribution is 5.84. The second kappa shape index (κ2) is 11.2. The Balaban J connectivity index is 2.04. The molecule has 0 saturated carbocycles. The third-order valence-electron chi connectivity index (χ3n) is 4.70. The maximum Gasteiger partial charge on any atom is 0.408 e. The van der Waals surface area contributed by atoms with Crippen molar-refractivity contribution in [1.82, 2.24) is 10.2 Å². The van der Waals surface area contributed by atoms with Gasteiger partial charge in [-0.05, 0) is 37.3 Å². The van der Waals surface area contributed by atoms with Gasteiger partial charge in [0.15, 0.2) is 6.04 Å². The summed E-state index contributed by atoms with van der Waals surface area (Å²) in [6.45, 7) is 3.94. The van der Waals surface area contributed by atoms with Crippen LogP contribution in [0.25, 0.3) is 0 Å². The van der Waals surface area contributed by atoms with Crippen molar-refractivity contribution in [3.63, 3.8) is 0 Å². The fourth-order valence-corrected chi connectivity index (χ4v) is 3.23. The molecule has 1 aliphatic rings. The van der Waals surface area contributed by atoms with Crippen LogP contribution in [-0.2, 0) is 30.5 Å². The van der Waals surface area contributed by atoms with E-state index in [1.807, 2.05) is 30.3 Å². The van der Waals surface area contributed by atoms with Gasteiger partial charge in [-0.2, -0.15) is 4.94 Å². The van der Waals surface area contributed by atoms with Gasteiger partial charge < -0.3 is 19.7 Å². The van der Waals surface area contributed by atoms with Crippen molar-refractivity contribution in [3.8, 4) is 0 Å². The van der Waals surface area contributed by atoms with Crippen molar-refractivity contribution >= 4 is 18.0 Å². The number of nitrogens with one attached hydrogen (secondary N) is 1. The third kappa shape index (κ3) is 7.11. The van der Waals surface area contributed by atoms with Gasteiger partial charge in [0, 0.05) is 13.1 Å². The largest absolute Gasteiger partial charge is 0.457 e. The van der Waals surface area contributed by atoms with E-state index in [1.54, 1.807) is 5.32 Å². The summed E-state index contributed by atoms with van der Waals surface area (Å²) in [4.78, 5) is 41.4. The van der Waals surface area contributed by atoms with Gasteiger partial charge in [0.25, 0.3) is 6.36 Å². The second-order valence-corrected chi connectivity index (χ2v) is 8.33. The molecule has 0 spiro atoms. The molecule has 1 heterocycles. The molecule has 32 heavy (non-hydrogen) atoms. The number of esters is 1. The number of benzene rings is 1. The molecule has 2 rings (SSSR count). The Bertz CT molecular complexity index is 789. The zero-order chi connectivity index (χ0) is 23.9. The van der Waals surface area contributed by atoms with Crippen LogP contribution >= 0.6 is 0 Å². The molecule has 2 amide bonds. The molecule has 8 nitrogen and oxygen atoms in total. The predicted molar refractivity (Wildman–Crippen MR) is 106 cm³/mol. The molecule has 4 atom stereocenters. The van der Waals surface area contributed by atoms with E-state index in [-0.39, 0.29) is 6.42 Å². The highest BCUT2D eigenvalue weighted by Crippen LogP contribution is 2.26. The Hall–Kier alpha value is -2.82. The van der Waals surface area contributed by atoms with Crippen molar-refractivity contribution in [2.75, 3.05) is 13.2 Å². The molecule has 178 valence electrons. The molecule has 1 aliphatic heterocycles. The van der Waals surface area contributed by atoms with Crippen LogP contribution in [0, 0.1) is 5.92 Å². The Morgan fingerprint density at radius 1 is 1.25 bits per heavy atom. The second-order valence-electron chi connectivity index (χ2n) is 8.33. The number of nitrogens with zero attached hydrogens (tertiary/aromatic N) is 1. The SMILES string of the molecule is CC(C)(C)OC(=O)NC(C(=O)OC(CF)C1CCN(Cc2ccccc2)C1=O)C(F)OF. The Labute approximate surface area is 183 Å². The third-order valence-corrected chi connectivity index (χ3v) is 4.70. The summed E-state index contributed by atoms with van der Waals surface area (Å²) in [5.41, 5.74) is -0.113. The fraction of sp³-hybridized carbons (Fsp3) is 0.571. The summed E-state index contributed by atoms with van der Waals surface area (Å²) < 4.78 is 49.7. The number of alkyl halides is 2. The molecule has 1 aromatic carbocycles. The number of rotatable bonds is 9. The van der Waals surface area contributed by atoms with Crippen molar-refractivity contribution < 1.29 is 42.1 Å². The number of carbonyl (C=O) groups excluding carboxylic acids is 3. The summed E-state index contributed by atoms with van der Waals surface area (Å²) in [7, 11) is 0. The first-order valence-electron chi connectivity index (χ1n) is 10.1. The smallest absolute Gasteiger partial charge is 0.408 e. The van der Waals surface area contributed by atoms with Gasteiger partial charge in [0.2, 0.25) is 5.91 Å². The topological polar surface area (TPSA) is 94.2 Å². The lowest BCUT2D eigenvalue weighted by molar-refractivity contribution is -0.238. The quantitative estimate of drug-likeness (QED) is 0.570. The van der Waals surface area contributed by atoms with Crippen LogP contribution < -0.4 is 5.32 Å². The molecule has 1 aromatic rings. The minimum absolute atomic E-state index is 0.205. The summed E-state index contributed by atoms with van der Waals surface area (Å²) in [5, 5.41) is 1.80. The van der Waals surface area contributed by atoms with Crippen LogP contribution in [0.4, 0.5) is 18.1 Å². The minimum Gasteiger partial charge on any atom is -0.457 e. The van der Waals surface area contributed by atoms with E-state index in [2.05, 4.69) is 4.94 Å². The van der Waals surface area contributed by atoms with Crippen LogP contribution in [0.2, 0.25) is 0 Å². The van der Waals surface area contributed by atoms with Gasteiger partial charge in [-0.1, -0.05) is 30.3 Å². The lowest BCUT2D eigenvalue weighted by Crippen LogP contribution is -2.51. The van der Waals surface area contributed by atoms with E-state index in [4.69, 9.17) is 9.47 Å². The molecular weight excluding hydrogens is 433 g/mol. The van der Waals surface area contributed by atoms with Crippen molar-refractivity contribution in [1.29, 1.82) is 0 Å². The van der Waals surface area contributed by atoms with E-state index in [0.717, 1.165) is 5.56 Å². The van der Waals surface area contributed by atoms with Crippen LogP contribution in [0.1, 0.15) is 32.8 Å². The van der Waals surface area contributed by atoms with Gasteiger partial charge >= 0.3 is 12.1 Å². The number of likely N-dealkylation sites (tertiary alicyclic amines) is 1. The molecule has 4 unspecified atom stereocenters. The van der Waals surface area contributed by atoms with Crippen LogP contribution in [-0.4, -0.2) is 60.2 Å². The Kier molecular flexibility index (Phi) is 8.88. The molecule has 0 aliphatic carbocycles. The molecular formula is C21H27F3N2O6. The number of carbonyl (C=O) groups is 3. The number of hydrogen-bond acceptors (Lipinski definition) is 6. The lowest BCUT2D eigenvalue weighted by atomic mass is 10.0. The monoisotopic (exact) mass is 460 g/mol. The molecule has 1 saturated heterocycles. The Morgan fingerprint density at radius 3 is 2.47 bits per heavy atom. The highest BCUT2D eigenvalue weighted by Gasteiger charge is 2.42. The maximum atomic E-state index is 13.8. The number of halogens is 3. The molecule has 0 bridgehead atoms. The van der Waals surface area contributed by atoms with Crippen LogP contribution in [0.15, 0.2) is 30.3 Å². The average Bonchev–Trinajstić information content (AvgIpc) is 3.09. The van der Waals surface area contributed by atoms with Gasteiger partial charge in [0.05, 0.1) is 5.92 Å². The summed E-state index contributed by atoms with van der Waals surface area (Å²) in [6, 6.07) is 6.87. The molecule has 11 heteroatoms. The highest BCUT2D eigenvalue weighted by atomic mass is 19.3. The first-order valence-corrected chi connectivity index (χ1v) is 10.1. The first kappa shape index (κ1) is 25.4. The number of ether oxygens (including phenoxy) is 2. The van der Waals surface area contributed by atoms with E-state index in [9.17, 15) is 27.7 Å². The van der Waals surface area contributed by atoms with E-state index in [0.29, 0.717) is 13.1 Å². The summed E-state index contributed by atoms with van der Waals surface area (Å²) in [6.07, 6.45) is -5.49.